The van der Waals surface area contributed by atoms with E-state index in [2.05, 4.69) is 15.5 Å². The Balaban J connectivity index is 2.06. The van der Waals surface area contributed by atoms with Crippen molar-refractivity contribution >= 4 is 5.91 Å². The monoisotopic (exact) mass is 237 g/mol. The van der Waals surface area contributed by atoms with Crippen molar-refractivity contribution in [2.24, 2.45) is 0 Å². The molecule has 0 aromatic carbocycles. The van der Waals surface area contributed by atoms with Gasteiger partial charge < -0.3 is 10.4 Å². The molecule has 1 atom stereocenters. The van der Waals surface area contributed by atoms with Crippen LogP contribution in [0.4, 0.5) is 0 Å². The molecule has 1 aliphatic carbocycles. The van der Waals surface area contributed by atoms with Crippen molar-refractivity contribution in [2.75, 3.05) is 6.61 Å². The first-order chi connectivity index (χ1) is 8.22. The number of carbonyl (C=O) groups is 1. The summed E-state index contributed by atoms with van der Waals surface area (Å²) in [6.45, 7) is 1.97. The summed E-state index contributed by atoms with van der Waals surface area (Å²) in [5, 5.41) is 18.7. The van der Waals surface area contributed by atoms with Gasteiger partial charge in [0.2, 0.25) is 0 Å². The second kappa shape index (κ2) is 5.31. The fourth-order valence-corrected chi connectivity index (χ4v) is 2.23. The molecule has 2 rings (SSSR count). The lowest BCUT2D eigenvalue weighted by molar-refractivity contribution is 0.0928. The van der Waals surface area contributed by atoms with E-state index in [1.54, 1.807) is 0 Å². The normalized spacial score (nSPS) is 16.4. The highest BCUT2D eigenvalue weighted by molar-refractivity contribution is 5.94. The first-order valence-electron chi connectivity index (χ1n) is 6.20. The second-order valence-electron chi connectivity index (χ2n) is 4.62. The second-order valence-corrected chi connectivity index (χ2v) is 4.62. The molecule has 0 saturated heterocycles. The molecule has 0 spiro atoms. The van der Waals surface area contributed by atoms with E-state index < -0.39 is 0 Å². The minimum absolute atomic E-state index is 0.0246. The predicted octanol–water partition coefficient (Wildman–Crippen LogP) is 0.789. The molecular weight excluding hydrogens is 218 g/mol. The first-order valence-corrected chi connectivity index (χ1v) is 6.20. The number of amides is 1. The Kier molecular flexibility index (Phi) is 3.78. The van der Waals surface area contributed by atoms with Crippen LogP contribution in [0.3, 0.4) is 0 Å². The van der Waals surface area contributed by atoms with Gasteiger partial charge in [0.05, 0.1) is 0 Å². The van der Waals surface area contributed by atoms with Crippen LogP contribution in [-0.2, 0) is 12.8 Å². The Labute approximate surface area is 101 Å². The van der Waals surface area contributed by atoms with E-state index in [4.69, 9.17) is 5.11 Å². The van der Waals surface area contributed by atoms with Gasteiger partial charge in [0, 0.05) is 23.9 Å². The number of aromatic amines is 1. The summed E-state index contributed by atoms with van der Waals surface area (Å²) in [5.41, 5.74) is 2.71. The van der Waals surface area contributed by atoms with E-state index >= 15 is 0 Å². The molecule has 0 fully saturated rings. The van der Waals surface area contributed by atoms with Gasteiger partial charge in [0.1, 0.15) is 0 Å². The van der Waals surface area contributed by atoms with Crippen molar-refractivity contribution in [1.29, 1.82) is 0 Å². The third-order valence-electron chi connectivity index (χ3n) is 3.21. The van der Waals surface area contributed by atoms with Gasteiger partial charge in [-0.2, -0.15) is 5.10 Å². The standard InChI is InChI=1S/C12H19N3O2/c1-8(6-7-16)13-12(17)11-9-4-2-3-5-10(9)14-15-11/h8,16H,2-7H2,1H3,(H,13,17)(H,14,15). The average molecular weight is 237 g/mol. The molecule has 5 heteroatoms. The van der Waals surface area contributed by atoms with Crippen LogP contribution in [0.1, 0.15) is 47.9 Å². The zero-order valence-electron chi connectivity index (χ0n) is 10.1. The van der Waals surface area contributed by atoms with E-state index in [9.17, 15) is 4.79 Å². The SMILES string of the molecule is CC(CCO)NC(=O)c1n[nH]c2c1CCCC2. The number of rotatable bonds is 4. The Morgan fingerprint density at radius 2 is 2.29 bits per heavy atom. The number of aryl methyl sites for hydroxylation is 1. The molecule has 1 unspecified atom stereocenters. The number of aromatic nitrogens is 2. The molecule has 0 saturated carbocycles. The Morgan fingerprint density at radius 1 is 1.53 bits per heavy atom. The highest BCUT2D eigenvalue weighted by Crippen LogP contribution is 2.22. The molecule has 1 aromatic rings. The fraction of sp³-hybridized carbons (Fsp3) is 0.667. The Bertz CT molecular complexity index is 400. The minimum atomic E-state index is -0.134. The number of aliphatic hydroxyl groups excluding tert-OH is 1. The molecule has 17 heavy (non-hydrogen) atoms. The van der Waals surface area contributed by atoms with E-state index in [0.717, 1.165) is 36.9 Å². The Hall–Kier alpha value is -1.36. The van der Waals surface area contributed by atoms with E-state index in [1.807, 2.05) is 6.92 Å². The average Bonchev–Trinajstić information content (AvgIpc) is 2.72. The number of hydrogen-bond acceptors (Lipinski definition) is 3. The maximum Gasteiger partial charge on any atom is 0.272 e. The summed E-state index contributed by atoms with van der Waals surface area (Å²) in [6, 6.07) is -0.0246. The lowest BCUT2D eigenvalue weighted by Crippen LogP contribution is -2.34. The number of aliphatic hydroxyl groups is 1. The quantitative estimate of drug-likeness (QED) is 0.724. The highest BCUT2D eigenvalue weighted by Gasteiger charge is 2.22. The largest absolute Gasteiger partial charge is 0.396 e. The molecule has 1 heterocycles. The number of hydrogen-bond donors (Lipinski definition) is 3. The van der Waals surface area contributed by atoms with Crippen molar-refractivity contribution < 1.29 is 9.90 Å². The number of fused-ring (bicyclic) bond motifs is 1. The van der Waals surface area contributed by atoms with Gasteiger partial charge in [-0.1, -0.05) is 0 Å². The van der Waals surface area contributed by atoms with Crippen LogP contribution in [0, 0.1) is 0 Å². The van der Waals surface area contributed by atoms with Gasteiger partial charge in [0.15, 0.2) is 5.69 Å². The Morgan fingerprint density at radius 3 is 3.06 bits per heavy atom. The van der Waals surface area contributed by atoms with Crippen LogP contribution >= 0.6 is 0 Å². The molecule has 94 valence electrons. The van der Waals surface area contributed by atoms with Crippen LogP contribution in [0.2, 0.25) is 0 Å². The minimum Gasteiger partial charge on any atom is -0.396 e. The number of nitrogens with one attached hydrogen (secondary N) is 2. The summed E-state index contributed by atoms with van der Waals surface area (Å²) in [4.78, 5) is 12.0. The van der Waals surface area contributed by atoms with Crippen molar-refractivity contribution in [3.8, 4) is 0 Å². The molecule has 1 aromatic heterocycles. The maximum absolute atomic E-state index is 12.0. The van der Waals surface area contributed by atoms with Crippen molar-refractivity contribution in [3.05, 3.63) is 17.0 Å². The van der Waals surface area contributed by atoms with E-state index in [1.165, 1.54) is 0 Å². The molecule has 5 nitrogen and oxygen atoms in total. The summed E-state index contributed by atoms with van der Waals surface area (Å²) in [5.74, 6) is -0.134. The molecule has 3 N–H and O–H groups in total. The summed E-state index contributed by atoms with van der Waals surface area (Å²) in [6.07, 6.45) is 4.78. The molecule has 1 aliphatic rings. The van der Waals surface area contributed by atoms with Gasteiger partial charge >= 0.3 is 0 Å². The van der Waals surface area contributed by atoms with Crippen LogP contribution in [-0.4, -0.2) is 33.9 Å². The lowest BCUT2D eigenvalue weighted by atomic mass is 9.95. The van der Waals surface area contributed by atoms with Crippen LogP contribution < -0.4 is 5.32 Å². The van der Waals surface area contributed by atoms with Crippen molar-refractivity contribution in [1.82, 2.24) is 15.5 Å². The summed E-state index contributed by atoms with van der Waals surface area (Å²) in [7, 11) is 0. The van der Waals surface area contributed by atoms with E-state index in [-0.39, 0.29) is 18.6 Å². The van der Waals surface area contributed by atoms with Crippen LogP contribution in [0.15, 0.2) is 0 Å². The van der Waals surface area contributed by atoms with Gasteiger partial charge in [-0.05, 0) is 39.0 Å². The molecule has 0 aliphatic heterocycles. The predicted molar refractivity (Wildman–Crippen MR) is 63.9 cm³/mol. The van der Waals surface area contributed by atoms with Crippen LogP contribution in [0.25, 0.3) is 0 Å². The maximum atomic E-state index is 12.0. The third-order valence-corrected chi connectivity index (χ3v) is 3.21. The number of carbonyl (C=O) groups excluding carboxylic acids is 1. The summed E-state index contributed by atoms with van der Waals surface area (Å²) < 4.78 is 0. The van der Waals surface area contributed by atoms with Crippen molar-refractivity contribution in [3.63, 3.8) is 0 Å². The van der Waals surface area contributed by atoms with Gasteiger partial charge in [-0.3, -0.25) is 9.89 Å². The van der Waals surface area contributed by atoms with Gasteiger partial charge in [0.25, 0.3) is 5.91 Å². The zero-order chi connectivity index (χ0) is 12.3. The zero-order valence-corrected chi connectivity index (χ0v) is 10.1. The third kappa shape index (κ3) is 2.66. The molecule has 0 bridgehead atoms. The molecular formula is C12H19N3O2. The summed E-state index contributed by atoms with van der Waals surface area (Å²) >= 11 is 0. The van der Waals surface area contributed by atoms with Gasteiger partial charge in [-0.15, -0.1) is 0 Å². The topological polar surface area (TPSA) is 78.0 Å². The lowest BCUT2D eigenvalue weighted by Gasteiger charge is -2.14. The van der Waals surface area contributed by atoms with Crippen LogP contribution in [0.5, 0.6) is 0 Å². The van der Waals surface area contributed by atoms with Gasteiger partial charge in [-0.25, -0.2) is 0 Å². The first kappa shape index (κ1) is 12.1. The molecule has 1 amide bonds. The van der Waals surface area contributed by atoms with E-state index in [0.29, 0.717) is 12.1 Å². The number of nitrogens with zero attached hydrogens (tertiary/aromatic N) is 1. The van der Waals surface area contributed by atoms with Crippen molar-refractivity contribution in [2.45, 2.75) is 45.1 Å². The fourth-order valence-electron chi connectivity index (χ4n) is 2.23. The number of H-pyrrole nitrogens is 1. The smallest absolute Gasteiger partial charge is 0.272 e. The molecule has 0 radical (unpaired) electrons. The highest BCUT2D eigenvalue weighted by atomic mass is 16.3.